The van der Waals surface area contributed by atoms with Crippen molar-refractivity contribution in [3.8, 4) is 0 Å². The van der Waals surface area contributed by atoms with Crippen LogP contribution < -0.4 is 5.32 Å². The van der Waals surface area contributed by atoms with Gasteiger partial charge in [0.15, 0.2) is 5.82 Å². The lowest BCUT2D eigenvalue weighted by Crippen LogP contribution is -2.39. The molecular formula is C15H21N5O2. The van der Waals surface area contributed by atoms with E-state index in [1.807, 2.05) is 18.7 Å². The minimum Gasteiger partial charge on any atom is -0.360 e. The van der Waals surface area contributed by atoms with Gasteiger partial charge < -0.3 is 14.4 Å². The van der Waals surface area contributed by atoms with Gasteiger partial charge in [-0.2, -0.15) is 0 Å². The van der Waals surface area contributed by atoms with Gasteiger partial charge in [-0.3, -0.25) is 9.69 Å². The number of nitrogens with zero attached hydrogens (tertiary/aromatic N) is 4. The van der Waals surface area contributed by atoms with E-state index in [4.69, 9.17) is 4.52 Å². The number of carbonyl (C=O) groups excluding carboxylic acids is 1. The molecule has 1 aliphatic heterocycles. The molecular weight excluding hydrogens is 282 g/mol. The van der Waals surface area contributed by atoms with Crippen molar-refractivity contribution in [1.29, 1.82) is 0 Å². The van der Waals surface area contributed by atoms with E-state index >= 15 is 0 Å². The van der Waals surface area contributed by atoms with Crippen LogP contribution in [0.25, 0.3) is 0 Å². The number of aromatic nitrogens is 3. The van der Waals surface area contributed by atoms with E-state index in [9.17, 15) is 4.79 Å². The molecule has 2 aromatic rings. The van der Waals surface area contributed by atoms with Gasteiger partial charge in [0.25, 0.3) is 0 Å². The van der Waals surface area contributed by atoms with Crippen LogP contribution in [0.4, 0.5) is 5.82 Å². The van der Waals surface area contributed by atoms with Crippen LogP contribution in [-0.2, 0) is 11.3 Å². The number of likely N-dealkylation sites (tertiary alicyclic amines) is 1. The second-order valence-corrected chi connectivity index (χ2v) is 5.85. The van der Waals surface area contributed by atoms with Crippen molar-refractivity contribution >= 4 is 11.7 Å². The highest BCUT2D eigenvalue weighted by Crippen LogP contribution is 2.19. The zero-order chi connectivity index (χ0) is 15.4. The van der Waals surface area contributed by atoms with Crippen LogP contribution in [0.2, 0.25) is 0 Å². The maximum absolute atomic E-state index is 12.0. The number of hydrogen-bond acceptors (Lipinski definition) is 5. The van der Waals surface area contributed by atoms with E-state index < -0.39 is 0 Å². The second-order valence-electron chi connectivity index (χ2n) is 5.85. The number of anilines is 1. The van der Waals surface area contributed by atoms with Crippen molar-refractivity contribution < 1.29 is 9.32 Å². The lowest BCUT2D eigenvalue weighted by Gasteiger charge is -2.31. The smallest absolute Gasteiger partial charge is 0.239 e. The Labute approximate surface area is 129 Å². The molecule has 7 heteroatoms. The molecule has 3 rings (SSSR count). The van der Waals surface area contributed by atoms with E-state index in [1.165, 1.54) is 0 Å². The van der Waals surface area contributed by atoms with Crippen LogP contribution >= 0.6 is 0 Å². The predicted molar refractivity (Wildman–Crippen MR) is 81.3 cm³/mol. The Morgan fingerprint density at radius 3 is 2.91 bits per heavy atom. The normalized spacial score (nSPS) is 16.8. The van der Waals surface area contributed by atoms with Gasteiger partial charge in [0.2, 0.25) is 5.91 Å². The summed E-state index contributed by atoms with van der Waals surface area (Å²) >= 11 is 0. The molecule has 0 aromatic carbocycles. The first-order valence-electron chi connectivity index (χ1n) is 7.60. The number of aryl methyl sites for hydroxylation is 1. The third-order valence-electron chi connectivity index (χ3n) is 4.00. The third kappa shape index (κ3) is 3.94. The Morgan fingerprint density at radius 2 is 2.27 bits per heavy atom. The van der Waals surface area contributed by atoms with Crippen LogP contribution in [0.5, 0.6) is 0 Å². The van der Waals surface area contributed by atoms with Gasteiger partial charge in [-0.15, -0.1) is 0 Å². The molecule has 22 heavy (non-hydrogen) atoms. The second kappa shape index (κ2) is 6.74. The van der Waals surface area contributed by atoms with Crippen molar-refractivity contribution in [3.63, 3.8) is 0 Å². The van der Waals surface area contributed by atoms with E-state index in [1.54, 1.807) is 13.0 Å². The first-order valence-corrected chi connectivity index (χ1v) is 7.60. The number of rotatable bonds is 5. The molecule has 1 aliphatic rings. The molecule has 1 N–H and O–H groups in total. The predicted octanol–water partition coefficient (Wildman–Crippen LogP) is 1.53. The summed E-state index contributed by atoms with van der Waals surface area (Å²) in [6.45, 7) is 5.12. The van der Waals surface area contributed by atoms with Crippen molar-refractivity contribution in [2.75, 3.05) is 25.0 Å². The molecule has 2 aromatic heterocycles. The number of nitrogens with one attached hydrogen (secondary N) is 1. The summed E-state index contributed by atoms with van der Waals surface area (Å²) < 4.78 is 7.06. The van der Waals surface area contributed by atoms with E-state index in [2.05, 4.69) is 24.9 Å². The van der Waals surface area contributed by atoms with Gasteiger partial charge in [-0.05, 0) is 38.8 Å². The standard InChI is InChI=1S/C15H21N5O2/c1-12-8-14(18-22-12)17-15(21)10-19-5-2-13(3-6-19)9-20-7-4-16-11-20/h4,7-8,11,13H,2-3,5-6,9-10H2,1H3,(H,17,18,21). The van der Waals surface area contributed by atoms with E-state index in [-0.39, 0.29) is 5.91 Å². The third-order valence-corrected chi connectivity index (χ3v) is 4.00. The fourth-order valence-corrected chi connectivity index (χ4v) is 2.83. The Balaban J connectivity index is 1.40. The van der Waals surface area contributed by atoms with E-state index in [0.29, 0.717) is 24.0 Å². The number of piperidine rings is 1. The lowest BCUT2D eigenvalue weighted by atomic mass is 9.97. The monoisotopic (exact) mass is 303 g/mol. The summed E-state index contributed by atoms with van der Waals surface area (Å²) in [5.74, 6) is 1.79. The van der Waals surface area contributed by atoms with Crippen LogP contribution in [-0.4, -0.2) is 45.1 Å². The van der Waals surface area contributed by atoms with Crippen LogP contribution in [0, 0.1) is 12.8 Å². The van der Waals surface area contributed by atoms with Crippen molar-refractivity contribution in [3.05, 3.63) is 30.5 Å². The van der Waals surface area contributed by atoms with Gasteiger partial charge >= 0.3 is 0 Å². The molecule has 1 saturated heterocycles. The summed E-state index contributed by atoms with van der Waals surface area (Å²) in [6, 6.07) is 1.72. The van der Waals surface area contributed by atoms with Gasteiger partial charge in [-0.25, -0.2) is 4.98 Å². The van der Waals surface area contributed by atoms with Crippen LogP contribution in [0.1, 0.15) is 18.6 Å². The highest BCUT2D eigenvalue weighted by Gasteiger charge is 2.21. The minimum absolute atomic E-state index is 0.0404. The minimum atomic E-state index is -0.0404. The molecule has 7 nitrogen and oxygen atoms in total. The van der Waals surface area contributed by atoms with Gasteiger partial charge in [-0.1, -0.05) is 5.16 Å². The van der Waals surface area contributed by atoms with Gasteiger partial charge in [0.1, 0.15) is 5.76 Å². The summed E-state index contributed by atoms with van der Waals surface area (Å²) in [4.78, 5) is 18.2. The zero-order valence-corrected chi connectivity index (χ0v) is 12.7. The average molecular weight is 303 g/mol. The quantitative estimate of drug-likeness (QED) is 0.906. The number of imidazole rings is 1. The molecule has 0 saturated carbocycles. The molecule has 1 amide bonds. The fourth-order valence-electron chi connectivity index (χ4n) is 2.83. The molecule has 0 unspecified atom stereocenters. The topological polar surface area (TPSA) is 76.2 Å². The average Bonchev–Trinajstić information content (AvgIpc) is 3.13. The molecule has 118 valence electrons. The summed E-state index contributed by atoms with van der Waals surface area (Å²) in [6.07, 6.45) is 7.88. The maximum atomic E-state index is 12.0. The Kier molecular flexibility index (Phi) is 4.53. The van der Waals surface area contributed by atoms with Gasteiger partial charge in [0.05, 0.1) is 12.9 Å². The molecule has 0 bridgehead atoms. The highest BCUT2D eigenvalue weighted by molar-refractivity contribution is 5.91. The highest BCUT2D eigenvalue weighted by atomic mass is 16.5. The molecule has 1 fully saturated rings. The van der Waals surface area contributed by atoms with E-state index in [0.717, 1.165) is 32.5 Å². The fraction of sp³-hybridized carbons (Fsp3) is 0.533. The lowest BCUT2D eigenvalue weighted by molar-refractivity contribution is -0.117. The summed E-state index contributed by atoms with van der Waals surface area (Å²) in [5, 5.41) is 6.53. The summed E-state index contributed by atoms with van der Waals surface area (Å²) in [7, 11) is 0. The molecule has 0 atom stereocenters. The Hall–Kier alpha value is -2.15. The largest absolute Gasteiger partial charge is 0.360 e. The van der Waals surface area contributed by atoms with Crippen LogP contribution in [0.15, 0.2) is 29.3 Å². The molecule has 0 aliphatic carbocycles. The molecule has 0 spiro atoms. The van der Waals surface area contributed by atoms with Crippen LogP contribution in [0.3, 0.4) is 0 Å². The van der Waals surface area contributed by atoms with Crippen molar-refractivity contribution in [2.24, 2.45) is 5.92 Å². The number of hydrogen-bond donors (Lipinski definition) is 1. The number of carbonyl (C=O) groups is 1. The Morgan fingerprint density at radius 1 is 1.45 bits per heavy atom. The van der Waals surface area contributed by atoms with Crippen molar-refractivity contribution in [1.82, 2.24) is 19.6 Å². The van der Waals surface area contributed by atoms with Gasteiger partial charge in [0, 0.05) is 25.0 Å². The summed E-state index contributed by atoms with van der Waals surface area (Å²) in [5.41, 5.74) is 0. The molecule has 0 radical (unpaired) electrons. The first-order chi connectivity index (χ1) is 10.7. The first kappa shape index (κ1) is 14.8. The number of amides is 1. The SMILES string of the molecule is Cc1cc(NC(=O)CN2CCC(Cn3ccnc3)CC2)no1. The molecule has 3 heterocycles. The maximum Gasteiger partial charge on any atom is 0.239 e. The Bertz CT molecular complexity index is 599. The zero-order valence-electron chi connectivity index (χ0n) is 12.7. The van der Waals surface area contributed by atoms with Crippen molar-refractivity contribution in [2.45, 2.75) is 26.3 Å².